The van der Waals surface area contributed by atoms with Crippen LogP contribution in [0.3, 0.4) is 0 Å². The normalized spacial score (nSPS) is 17.9. The Kier molecular flexibility index (Phi) is 4.86. The molecule has 2 aromatic rings. The van der Waals surface area contributed by atoms with Crippen LogP contribution >= 0.6 is 11.6 Å². The van der Waals surface area contributed by atoms with Gasteiger partial charge in [0.05, 0.1) is 10.4 Å². The number of hydrogen-bond donors (Lipinski definition) is 1. The average Bonchev–Trinajstić information content (AvgIpc) is 3.44. The van der Waals surface area contributed by atoms with Gasteiger partial charge in [0.1, 0.15) is 5.82 Å². The molecule has 8 heteroatoms. The number of rotatable bonds is 6. The molecule has 0 atom stereocenters. The maximum absolute atomic E-state index is 13.3. The lowest BCUT2D eigenvalue weighted by Gasteiger charge is -2.16. The molecule has 4 rings (SSSR count). The minimum Gasteiger partial charge on any atom is -0.395 e. The van der Waals surface area contributed by atoms with Gasteiger partial charge in [0.15, 0.2) is 11.5 Å². The summed E-state index contributed by atoms with van der Waals surface area (Å²) in [7, 11) is 0. The topological polar surface area (TPSA) is 60.5 Å². The molecule has 1 aromatic carbocycles. The molecule has 1 saturated carbocycles. The summed E-state index contributed by atoms with van der Waals surface area (Å²) >= 11 is 6.21. The van der Waals surface area contributed by atoms with E-state index < -0.39 is 11.7 Å². The Morgan fingerprint density at radius 2 is 1.90 bits per heavy atom. The Bertz CT molecular complexity index is 1080. The van der Waals surface area contributed by atoms with Gasteiger partial charge in [-0.15, -0.1) is 8.78 Å². The van der Waals surface area contributed by atoms with Crippen LogP contribution in [-0.4, -0.2) is 17.2 Å². The third kappa shape index (κ3) is 3.57. The van der Waals surface area contributed by atoms with Crippen molar-refractivity contribution in [3.05, 3.63) is 72.4 Å². The lowest BCUT2D eigenvalue weighted by Crippen LogP contribution is -2.26. The Morgan fingerprint density at radius 1 is 1.20 bits per heavy atom. The molecule has 1 N–H and O–H groups in total. The highest BCUT2D eigenvalue weighted by Gasteiger charge is 2.51. The smallest absolute Gasteiger partial charge is 0.395 e. The number of allylic oxidation sites excluding steroid dienone is 3. The molecule has 154 valence electrons. The molecule has 1 amide bonds. The van der Waals surface area contributed by atoms with Gasteiger partial charge in [-0.05, 0) is 36.6 Å². The zero-order valence-corrected chi connectivity index (χ0v) is 16.5. The van der Waals surface area contributed by atoms with Gasteiger partial charge in [0.2, 0.25) is 5.91 Å². The van der Waals surface area contributed by atoms with E-state index in [1.165, 1.54) is 18.3 Å². The number of benzene rings is 1. The standard InChI is InChI=1S/C22H17ClF2N2O3/c1-3-5-14(4-2)21(8-9-21)20(28)27-19-7-6-13(12-26-19)15-10-17-18(11-16(15)23)30-22(24,25)29-17/h3-7,10-12H,1-2,8-9H2,(H,26,27,28)/b14-5+. The van der Waals surface area contributed by atoms with Crippen molar-refractivity contribution in [2.75, 3.05) is 5.32 Å². The first-order valence-corrected chi connectivity index (χ1v) is 9.49. The van der Waals surface area contributed by atoms with Crippen LogP contribution in [0, 0.1) is 5.41 Å². The predicted octanol–water partition coefficient (Wildman–Crippen LogP) is 5.74. The van der Waals surface area contributed by atoms with Crippen LogP contribution in [0.15, 0.2) is 67.4 Å². The second-order valence-electron chi connectivity index (χ2n) is 6.98. The van der Waals surface area contributed by atoms with Crippen LogP contribution in [0.5, 0.6) is 11.5 Å². The highest BCUT2D eigenvalue weighted by Crippen LogP contribution is 2.53. The molecule has 0 radical (unpaired) electrons. The fourth-order valence-corrected chi connectivity index (χ4v) is 3.64. The first kappa shape index (κ1) is 20.1. The molecule has 0 saturated heterocycles. The highest BCUT2D eigenvalue weighted by atomic mass is 35.5. The molecule has 2 heterocycles. The lowest BCUT2D eigenvalue weighted by atomic mass is 9.94. The summed E-state index contributed by atoms with van der Waals surface area (Å²) in [5, 5.41) is 3.02. The maximum atomic E-state index is 13.3. The first-order chi connectivity index (χ1) is 14.3. The molecule has 30 heavy (non-hydrogen) atoms. The van der Waals surface area contributed by atoms with Gasteiger partial charge >= 0.3 is 6.29 Å². The molecule has 2 aliphatic rings. The number of pyridine rings is 1. The van der Waals surface area contributed by atoms with Gasteiger partial charge in [0.25, 0.3) is 0 Å². The SMILES string of the molecule is C=C/C=C(\C=C)C1(C(=O)Nc2ccc(-c3cc4c(cc3Cl)OC(F)(F)O4)cn2)CC1. The van der Waals surface area contributed by atoms with Crippen molar-refractivity contribution in [2.45, 2.75) is 19.1 Å². The zero-order chi connectivity index (χ0) is 21.5. The molecule has 0 unspecified atom stereocenters. The third-order valence-corrected chi connectivity index (χ3v) is 5.37. The Morgan fingerprint density at radius 3 is 2.47 bits per heavy atom. The molecule has 0 spiro atoms. The predicted molar refractivity (Wildman–Crippen MR) is 110 cm³/mol. The zero-order valence-electron chi connectivity index (χ0n) is 15.8. The van der Waals surface area contributed by atoms with Crippen LogP contribution in [0.25, 0.3) is 11.1 Å². The number of halogens is 3. The van der Waals surface area contributed by atoms with Gasteiger partial charge < -0.3 is 14.8 Å². The first-order valence-electron chi connectivity index (χ1n) is 9.11. The van der Waals surface area contributed by atoms with E-state index in [0.29, 0.717) is 16.9 Å². The molecule has 1 aromatic heterocycles. The van der Waals surface area contributed by atoms with E-state index in [1.54, 1.807) is 30.4 Å². The monoisotopic (exact) mass is 430 g/mol. The summed E-state index contributed by atoms with van der Waals surface area (Å²) in [6.07, 6.45) is 4.28. The number of aromatic nitrogens is 1. The summed E-state index contributed by atoms with van der Waals surface area (Å²) in [4.78, 5) is 17.0. The van der Waals surface area contributed by atoms with Crippen molar-refractivity contribution < 1.29 is 23.0 Å². The number of carbonyl (C=O) groups excluding carboxylic acids is 1. The molecule has 5 nitrogen and oxygen atoms in total. The fourth-order valence-electron chi connectivity index (χ4n) is 3.38. The number of nitrogens with one attached hydrogen (secondary N) is 1. The van der Waals surface area contributed by atoms with E-state index in [1.807, 2.05) is 0 Å². The number of amides is 1. The van der Waals surface area contributed by atoms with Crippen LogP contribution in [-0.2, 0) is 4.79 Å². The van der Waals surface area contributed by atoms with Gasteiger partial charge in [-0.25, -0.2) is 4.98 Å². The van der Waals surface area contributed by atoms with Crippen molar-refractivity contribution >= 4 is 23.3 Å². The molecular formula is C22H17ClF2N2O3. The van der Waals surface area contributed by atoms with E-state index in [0.717, 1.165) is 18.4 Å². The Balaban J connectivity index is 1.53. The van der Waals surface area contributed by atoms with E-state index in [4.69, 9.17) is 11.6 Å². The minimum absolute atomic E-state index is 0.113. The molecular weight excluding hydrogens is 414 g/mol. The van der Waals surface area contributed by atoms with Crippen molar-refractivity contribution in [1.29, 1.82) is 0 Å². The van der Waals surface area contributed by atoms with Crippen LogP contribution in [0.2, 0.25) is 5.02 Å². The molecule has 1 aliphatic carbocycles. The number of fused-ring (bicyclic) bond motifs is 1. The van der Waals surface area contributed by atoms with Gasteiger partial charge in [-0.1, -0.05) is 43.0 Å². The number of alkyl halides is 2. The van der Waals surface area contributed by atoms with E-state index in [-0.39, 0.29) is 22.4 Å². The molecule has 1 aliphatic heterocycles. The third-order valence-electron chi connectivity index (χ3n) is 5.06. The summed E-state index contributed by atoms with van der Waals surface area (Å²) in [5.74, 6) is -0.0520. The number of ether oxygens (including phenoxy) is 2. The number of anilines is 1. The second kappa shape index (κ2) is 7.25. The Hall–Kier alpha value is -3.19. The number of hydrogen-bond acceptors (Lipinski definition) is 4. The maximum Gasteiger partial charge on any atom is 0.586 e. The number of nitrogens with zero attached hydrogens (tertiary/aromatic N) is 1. The Labute approximate surface area is 176 Å². The van der Waals surface area contributed by atoms with E-state index in [2.05, 4.69) is 32.9 Å². The van der Waals surface area contributed by atoms with Gasteiger partial charge in [-0.2, -0.15) is 0 Å². The van der Waals surface area contributed by atoms with E-state index in [9.17, 15) is 13.6 Å². The summed E-state index contributed by atoms with van der Waals surface area (Å²) in [6.45, 7) is 7.44. The summed E-state index contributed by atoms with van der Waals surface area (Å²) in [5.41, 5.74) is 1.22. The summed E-state index contributed by atoms with van der Waals surface area (Å²) < 4.78 is 35.4. The van der Waals surface area contributed by atoms with Crippen LogP contribution in [0.4, 0.5) is 14.6 Å². The summed E-state index contributed by atoms with van der Waals surface area (Å²) in [6, 6.07) is 5.92. The lowest BCUT2D eigenvalue weighted by molar-refractivity contribution is -0.286. The van der Waals surface area contributed by atoms with Crippen molar-refractivity contribution in [1.82, 2.24) is 4.98 Å². The van der Waals surface area contributed by atoms with E-state index >= 15 is 0 Å². The van der Waals surface area contributed by atoms with Gasteiger partial charge in [0, 0.05) is 23.4 Å². The quantitative estimate of drug-likeness (QED) is 0.593. The largest absolute Gasteiger partial charge is 0.586 e. The second-order valence-corrected chi connectivity index (χ2v) is 7.38. The highest BCUT2D eigenvalue weighted by molar-refractivity contribution is 6.33. The molecule has 1 fully saturated rings. The fraction of sp³-hybridized carbons (Fsp3) is 0.182. The van der Waals surface area contributed by atoms with Crippen molar-refractivity contribution in [3.63, 3.8) is 0 Å². The average molecular weight is 431 g/mol. The van der Waals surface area contributed by atoms with Crippen molar-refractivity contribution in [2.24, 2.45) is 5.41 Å². The number of carbonyl (C=O) groups is 1. The van der Waals surface area contributed by atoms with Crippen LogP contribution < -0.4 is 14.8 Å². The molecule has 0 bridgehead atoms. The van der Waals surface area contributed by atoms with Gasteiger partial charge in [-0.3, -0.25) is 4.79 Å². The van der Waals surface area contributed by atoms with Crippen LogP contribution in [0.1, 0.15) is 12.8 Å². The van der Waals surface area contributed by atoms with Crippen molar-refractivity contribution in [3.8, 4) is 22.6 Å². The minimum atomic E-state index is -3.72.